The van der Waals surface area contributed by atoms with Crippen LogP contribution in [-0.2, 0) is 6.42 Å². The van der Waals surface area contributed by atoms with Crippen molar-refractivity contribution >= 4 is 30.5 Å². The lowest BCUT2D eigenvalue weighted by Crippen LogP contribution is -2.55. The number of nitrogens with one attached hydrogen (secondary N) is 1. The van der Waals surface area contributed by atoms with E-state index in [1.807, 2.05) is 0 Å². The number of piperazine rings is 1. The van der Waals surface area contributed by atoms with Gasteiger partial charge in [0.25, 0.3) is 0 Å². The maximum Gasteiger partial charge on any atom is 0.119 e. The molecule has 2 aromatic rings. The molecule has 0 bridgehead atoms. The minimum absolute atomic E-state index is 0. The number of hydrogen-bond acceptors (Lipinski definition) is 3. The molecule has 0 saturated carbocycles. The van der Waals surface area contributed by atoms with Gasteiger partial charge in [-0.25, -0.2) is 0 Å². The van der Waals surface area contributed by atoms with Crippen molar-refractivity contribution in [3.63, 3.8) is 0 Å². The molecule has 3 nitrogen and oxygen atoms in total. The van der Waals surface area contributed by atoms with E-state index in [4.69, 9.17) is 4.74 Å². The third-order valence-electron chi connectivity index (χ3n) is 6.34. The average Bonchev–Trinajstić information content (AvgIpc) is 2.73. The molecule has 154 valence electrons. The summed E-state index contributed by atoms with van der Waals surface area (Å²) in [5.41, 5.74) is 4.47. The zero-order valence-corrected chi connectivity index (χ0v) is 18.4. The van der Waals surface area contributed by atoms with Crippen molar-refractivity contribution in [2.75, 3.05) is 31.6 Å². The summed E-state index contributed by atoms with van der Waals surface area (Å²) in [6.45, 7) is 5.64. The normalized spacial score (nSPS) is 22.3. The smallest absolute Gasteiger partial charge is 0.119 e. The van der Waals surface area contributed by atoms with E-state index < -0.39 is 0 Å². The van der Waals surface area contributed by atoms with Crippen LogP contribution >= 0.6 is 24.8 Å². The number of fused-ring (bicyclic) bond motifs is 1. The van der Waals surface area contributed by atoms with Crippen LogP contribution in [0.1, 0.15) is 36.8 Å². The monoisotopic (exact) mass is 422 g/mol. The molecule has 0 radical (unpaired) electrons. The lowest BCUT2D eigenvalue weighted by molar-refractivity contribution is 0.304. The number of halogens is 2. The molecule has 1 aliphatic heterocycles. The molecule has 0 aromatic heterocycles. The maximum absolute atomic E-state index is 5.33. The molecule has 28 heavy (non-hydrogen) atoms. The first kappa shape index (κ1) is 22.9. The Kier molecular flexibility index (Phi) is 8.48. The maximum atomic E-state index is 5.33. The van der Waals surface area contributed by atoms with Crippen molar-refractivity contribution in [3.05, 3.63) is 59.7 Å². The molecular formula is C23H32Cl2N2O. The Morgan fingerprint density at radius 2 is 1.82 bits per heavy atom. The fraction of sp³-hybridized carbons (Fsp3) is 0.478. The van der Waals surface area contributed by atoms with Gasteiger partial charge in [-0.1, -0.05) is 31.2 Å². The highest BCUT2D eigenvalue weighted by atomic mass is 35.5. The molecule has 3 atom stereocenters. The number of ether oxygens (including phenoxy) is 1. The van der Waals surface area contributed by atoms with E-state index in [2.05, 4.69) is 65.7 Å². The molecule has 1 aliphatic carbocycles. The molecule has 1 N–H and O–H groups in total. The van der Waals surface area contributed by atoms with Crippen molar-refractivity contribution in [1.29, 1.82) is 0 Å². The molecule has 2 aromatic carbocycles. The van der Waals surface area contributed by atoms with Gasteiger partial charge in [-0.3, -0.25) is 0 Å². The summed E-state index contributed by atoms with van der Waals surface area (Å²) in [5, 5.41) is 3.63. The lowest BCUT2D eigenvalue weighted by Gasteiger charge is -2.45. The molecule has 0 amide bonds. The van der Waals surface area contributed by atoms with Gasteiger partial charge in [0.05, 0.1) is 7.11 Å². The fourth-order valence-electron chi connectivity index (χ4n) is 4.90. The van der Waals surface area contributed by atoms with Gasteiger partial charge in [0.1, 0.15) is 5.75 Å². The highest BCUT2D eigenvalue weighted by Crippen LogP contribution is 2.40. The van der Waals surface area contributed by atoms with Crippen molar-refractivity contribution in [3.8, 4) is 5.75 Å². The summed E-state index contributed by atoms with van der Waals surface area (Å²) in [6, 6.07) is 18.2. The molecule has 4 rings (SSSR count). The van der Waals surface area contributed by atoms with Gasteiger partial charge in [-0.05, 0) is 66.5 Å². The Labute approximate surface area is 181 Å². The topological polar surface area (TPSA) is 24.5 Å². The highest BCUT2D eigenvalue weighted by Gasteiger charge is 2.34. The minimum atomic E-state index is 0. The number of methoxy groups -OCH3 is 1. The Morgan fingerprint density at radius 1 is 1.07 bits per heavy atom. The van der Waals surface area contributed by atoms with E-state index in [1.54, 1.807) is 18.2 Å². The Hall–Kier alpha value is -1.42. The third kappa shape index (κ3) is 4.59. The van der Waals surface area contributed by atoms with Crippen LogP contribution in [0.5, 0.6) is 5.75 Å². The molecule has 2 aliphatic rings. The number of hydrogen-bond donors (Lipinski definition) is 1. The second kappa shape index (κ2) is 10.4. The van der Waals surface area contributed by atoms with Gasteiger partial charge in [0, 0.05) is 31.4 Å². The van der Waals surface area contributed by atoms with Crippen molar-refractivity contribution in [1.82, 2.24) is 5.32 Å². The van der Waals surface area contributed by atoms with Gasteiger partial charge < -0.3 is 15.0 Å². The van der Waals surface area contributed by atoms with Crippen LogP contribution in [0.15, 0.2) is 48.5 Å². The number of nitrogens with zero attached hydrogens (tertiary/aromatic N) is 1. The quantitative estimate of drug-likeness (QED) is 0.743. The summed E-state index contributed by atoms with van der Waals surface area (Å²) in [6.07, 6.45) is 3.87. The lowest BCUT2D eigenvalue weighted by atomic mass is 9.73. The van der Waals surface area contributed by atoms with Gasteiger partial charge in [0.15, 0.2) is 0 Å². The van der Waals surface area contributed by atoms with Gasteiger partial charge >= 0.3 is 0 Å². The van der Waals surface area contributed by atoms with E-state index in [0.717, 1.165) is 25.4 Å². The SMILES string of the molecule is COc1ccc(N2CCNCC2C(C)C2CCCc3ccccc32)cc1.Cl.Cl. The van der Waals surface area contributed by atoms with Gasteiger partial charge in [-0.15, -0.1) is 24.8 Å². The number of rotatable bonds is 4. The zero-order valence-electron chi connectivity index (χ0n) is 16.8. The van der Waals surface area contributed by atoms with Crippen LogP contribution in [-0.4, -0.2) is 32.8 Å². The van der Waals surface area contributed by atoms with Crippen molar-refractivity contribution < 1.29 is 4.74 Å². The third-order valence-corrected chi connectivity index (χ3v) is 6.34. The van der Waals surface area contributed by atoms with E-state index in [-0.39, 0.29) is 24.8 Å². The summed E-state index contributed by atoms with van der Waals surface area (Å²) >= 11 is 0. The molecular weight excluding hydrogens is 391 g/mol. The van der Waals surface area contributed by atoms with Gasteiger partial charge in [0.2, 0.25) is 0 Å². The zero-order chi connectivity index (χ0) is 17.9. The molecule has 1 fully saturated rings. The first-order chi connectivity index (χ1) is 12.8. The van der Waals surface area contributed by atoms with Gasteiger partial charge in [-0.2, -0.15) is 0 Å². The number of aryl methyl sites for hydroxylation is 1. The second-order valence-electron chi connectivity index (χ2n) is 7.72. The summed E-state index contributed by atoms with van der Waals surface area (Å²) in [4.78, 5) is 2.61. The van der Waals surface area contributed by atoms with Crippen LogP contribution in [0.4, 0.5) is 5.69 Å². The van der Waals surface area contributed by atoms with E-state index in [1.165, 1.54) is 24.9 Å². The Balaban J connectivity index is 0.00000140. The fourth-order valence-corrected chi connectivity index (χ4v) is 4.90. The number of benzene rings is 2. The largest absolute Gasteiger partial charge is 0.497 e. The molecule has 3 unspecified atom stereocenters. The predicted octanol–water partition coefficient (Wildman–Crippen LogP) is 5.07. The van der Waals surface area contributed by atoms with Crippen LogP contribution in [0.25, 0.3) is 0 Å². The Morgan fingerprint density at radius 3 is 2.57 bits per heavy atom. The predicted molar refractivity (Wildman–Crippen MR) is 123 cm³/mol. The second-order valence-corrected chi connectivity index (χ2v) is 7.72. The van der Waals surface area contributed by atoms with Crippen LogP contribution in [0.2, 0.25) is 0 Å². The highest BCUT2D eigenvalue weighted by molar-refractivity contribution is 5.85. The van der Waals surface area contributed by atoms with E-state index in [0.29, 0.717) is 17.9 Å². The van der Waals surface area contributed by atoms with Crippen molar-refractivity contribution in [2.45, 2.75) is 38.1 Å². The summed E-state index contributed by atoms with van der Waals surface area (Å²) < 4.78 is 5.33. The molecule has 1 saturated heterocycles. The van der Waals surface area contributed by atoms with Crippen LogP contribution < -0.4 is 15.0 Å². The van der Waals surface area contributed by atoms with E-state index >= 15 is 0 Å². The number of anilines is 1. The summed E-state index contributed by atoms with van der Waals surface area (Å²) in [5.74, 6) is 2.20. The first-order valence-electron chi connectivity index (χ1n) is 9.97. The van der Waals surface area contributed by atoms with Crippen LogP contribution in [0, 0.1) is 5.92 Å². The molecule has 5 heteroatoms. The van der Waals surface area contributed by atoms with E-state index in [9.17, 15) is 0 Å². The Bertz CT molecular complexity index is 738. The standard InChI is InChI=1S/C23H30N2O.2ClH/c1-17(21-9-5-7-18-6-3-4-8-22(18)21)23-16-24-14-15-25(23)19-10-12-20(26-2)13-11-19;;/h3-4,6,8,10-13,17,21,23-24H,5,7,9,14-16H2,1-2H3;2*1H. The molecule has 0 spiro atoms. The van der Waals surface area contributed by atoms with Crippen LogP contribution in [0.3, 0.4) is 0 Å². The summed E-state index contributed by atoms with van der Waals surface area (Å²) in [7, 11) is 1.73. The van der Waals surface area contributed by atoms with Crippen molar-refractivity contribution in [2.24, 2.45) is 5.92 Å². The average molecular weight is 423 g/mol. The first-order valence-corrected chi connectivity index (χ1v) is 9.97. The molecule has 1 heterocycles. The minimum Gasteiger partial charge on any atom is -0.497 e.